The van der Waals surface area contributed by atoms with Crippen molar-refractivity contribution in [2.45, 2.75) is 44.9 Å². The zero-order valence-electron chi connectivity index (χ0n) is 14.8. The van der Waals surface area contributed by atoms with Crippen molar-refractivity contribution in [1.29, 1.82) is 0 Å². The zero-order valence-corrected chi connectivity index (χ0v) is 15.6. The highest BCUT2D eigenvalue weighted by Crippen LogP contribution is 2.35. The van der Waals surface area contributed by atoms with Crippen LogP contribution >= 0.6 is 11.6 Å². The number of carbonyl (C=O) groups is 1. The molecular weight excluding hydrogens is 330 g/mol. The number of hydrogen-bond acceptors (Lipinski definition) is 1. The van der Waals surface area contributed by atoms with Gasteiger partial charge in [-0.15, -0.1) is 0 Å². The molecule has 3 rings (SSSR count). The van der Waals surface area contributed by atoms with E-state index < -0.39 is 0 Å². The highest BCUT2D eigenvalue weighted by Gasteiger charge is 2.25. The van der Waals surface area contributed by atoms with E-state index in [4.69, 9.17) is 11.6 Å². The van der Waals surface area contributed by atoms with Crippen molar-refractivity contribution in [1.82, 2.24) is 5.32 Å². The molecule has 1 fully saturated rings. The largest absolute Gasteiger partial charge is 0.351 e. The Morgan fingerprint density at radius 1 is 1.12 bits per heavy atom. The van der Waals surface area contributed by atoms with Crippen LogP contribution in [0.5, 0.6) is 0 Å². The van der Waals surface area contributed by atoms with Crippen LogP contribution in [0.3, 0.4) is 0 Å². The molecule has 0 saturated heterocycles. The van der Waals surface area contributed by atoms with Gasteiger partial charge in [0, 0.05) is 23.0 Å². The Kier molecular flexibility index (Phi) is 6.14. The molecule has 132 valence electrons. The smallest absolute Gasteiger partial charge is 0.251 e. The predicted octanol–water partition coefficient (Wildman–Crippen LogP) is 5.74. The molecule has 1 saturated carbocycles. The Hall–Kier alpha value is -1.80. The third-order valence-electron chi connectivity index (χ3n) is 5.36. The first kappa shape index (κ1) is 18.0. The lowest BCUT2D eigenvalue weighted by molar-refractivity contribution is 0.0946. The minimum Gasteiger partial charge on any atom is -0.351 e. The molecule has 25 heavy (non-hydrogen) atoms. The number of carbonyl (C=O) groups excluding carboxylic acids is 1. The summed E-state index contributed by atoms with van der Waals surface area (Å²) in [5.41, 5.74) is 2.95. The quantitative estimate of drug-likeness (QED) is 0.727. The van der Waals surface area contributed by atoms with Crippen molar-refractivity contribution in [3.8, 4) is 0 Å². The standard InChI is InChI=1S/C22H26ClNO/c1-16-12-13-19(14-21(16)23)22(25)24-15-20(17-8-4-2-5-9-17)18-10-6-3-7-11-18/h2,4-5,8-9,12-14,18,20H,3,6-7,10-11,15H2,1H3,(H,24,25)/t20-/m0/s1. The van der Waals surface area contributed by atoms with E-state index in [-0.39, 0.29) is 5.91 Å². The van der Waals surface area contributed by atoms with E-state index in [0.29, 0.717) is 29.0 Å². The lowest BCUT2D eigenvalue weighted by Crippen LogP contribution is -2.32. The van der Waals surface area contributed by atoms with E-state index in [1.54, 1.807) is 6.07 Å². The Balaban J connectivity index is 1.71. The number of rotatable bonds is 5. The molecule has 0 bridgehead atoms. The van der Waals surface area contributed by atoms with E-state index in [0.717, 1.165) is 5.56 Å². The van der Waals surface area contributed by atoms with Crippen LogP contribution in [-0.2, 0) is 0 Å². The molecule has 1 atom stereocenters. The maximum absolute atomic E-state index is 12.6. The fourth-order valence-corrected chi connectivity index (χ4v) is 4.01. The van der Waals surface area contributed by atoms with Gasteiger partial charge in [-0.2, -0.15) is 0 Å². The molecule has 0 heterocycles. The van der Waals surface area contributed by atoms with Gasteiger partial charge in [0.15, 0.2) is 0 Å². The Morgan fingerprint density at radius 2 is 1.84 bits per heavy atom. The Labute approximate surface area is 155 Å². The summed E-state index contributed by atoms with van der Waals surface area (Å²) < 4.78 is 0. The summed E-state index contributed by atoms with van der Waals surface area (Å²) in [6, 6.07) is 16.1. The average molecular weight is 356 g/mol. The van der Waals surface area contributed by atoms with Gasteiger partial charge in [-0.05, 0) is 48.9 Å². The van der Waals surface area contributed by atoms with Crippen LogP contribution in [0.4, 0.5) is 0 Å². The van der Waals surface area contributed by atoms with Crippen LogP contribution in [-0.4, -0.2) is 12.5 Å². The highest BCUT2D eigenvalue weighted by atomic mass is 35.5. The van der Waals surface area contributed by atoms with Crippen molar-refractivity contribution in [3.63, 3.8) is 0 Å². The van der Waals surface area contributed by atoms with Gasteiger partial charge in [-0.1, -0.05) is 67.3 Å². The minimum atomic E-state index is -0.0429. The third kappa shape index (κ3) is 4.64. The van der Waals surface area contributed by atoms with Crippen molar-refractivity contribution >= 4 is 17.5 Å². The predicted molar refractivity (Wildman–Crippen MR) is 104 cm³/mol. The van der Waals surface area contributed by atoms with Crippen LogP contribution < -0.4 is 5.32 Å². The first-order valence-electron chi connectivity index (χ1n) is 9.24. The van der Waals surface area contributed by atoms with Gasteiger partial charge in [0.05, 0.1) is 0 Å². The molecule has 0 spiro atoms. The van der Waals surface area contributed by atoms with Crippen LogP contribution in [0.2, 0.25) is 5.02 Å². The summed E-state index contributed by atoms with van der Waals surface area (Å²) in [5.74, 6) is 0.989. The SMILES string of the molecule is Cc1ccc(C(=O)NC[C@@H](c2ccccc2)C2CCCCC2)cc1Cl. The molecule has 1 N–H and O–H groups in total. The number of halogens is 1. The second kappa shape index (κ2) is 8.53. The van der Waals surface area contributed by atoms with Gasteiger partial charge in [0.1, 0.15) is 0 Å². The summed E-state index contributed by atoms with van der Waals surface area (Å²) in [5, 5.41) is 3.78. The summed E-state index contributed by atoms with van der Waals surface area (Å²) in [4.78, 5) is 12.6. The number of benzene rings is 2. The molecule has 1 amide bonds. The van der Waals surface area contributed by atoms with Crippen LogP contribution in [0.15, 0.2) is 48.5 Å². The fraction of sp³-hybridized carbons (Fsp3) is 0.409. The van der Waals surface area contributed by atoms with Crippen molar-refractivity contribution < 1.29 is 4.79 Å². The summed E-state index contributed by atoms with van der Waals surface area (Å²) in [7, 11) is 0. The monoisotopic (exact) mass is 355 g/mol. The molecule has 0 aliphatic heterocycles. The summed E-state index contributed by atoms with van der Waals surface area (Å²) in [6.07, 6.45) is 6.45. The van der Waals surface area contributed by atoms with Gasteiger partial charge in [-0.3, -0.25) is 4.79 Å². The van der Waals surface area contributed by atoms with E-state index >= 15 is 0 Å². The van der Waals surface area contributed by atoms with Gasteiger partial charge in [-0.25, -0.2) is 0 Å². The summed E-state index contributed by atoms with van der Waals surface area (Å²) in [6.45, 7) is 2.62. The van der Waals surface area contributed by atoms with Crippen molar-refractivity contribution in [3.05, 3.63) is 70.2 Å². The van der Waals surface area contributed by atoms with Gasteiger partial charge < -0.3 is 5.32 Å². The normalized spacial score (nSPS) is 16.4. The number of hydrogen-bond donors (Lipinski definition) is 1. The van der Waals surface area contributed by atoms with Crippen LogP contribution in [0.1, 0.15) is 59.5 Å². The lowest BCUT2D eigenvalue weighted by atomic mass is 9.76. The van der Waals surface area contributed by atoms with E-state index in [9.17, 15) is 4.79 Å². The highest BCUT2D eigenvalue weighted by molar-refractivity contribution is 6.31. The number of amides is 1. The molecule has 0 unspecified atom stereocenters. The van der Waals surface area contributed by atoms with Gasteiger partial charge in [0.25, 0.3) is 5.91 Å². The third-order valence-corrected chi connectivity index (χ3v) is 5.77. The first-order valence-corrected chi connectivity index (χ1v) is 9.62. The molecule has 1 aliphatic carbocycles. The second-order valence-electron chi connectivity index (χ2n) is 7.09. The Bertz CT molecular complexity index is 707. The van der Waals surface area contributed by atoms with Crippen molar-refractivity contribution in [2.24, 2.45) is 5.92 Å². The summed E-state index contributed by atoms with van der Waals surface area (Å²) >= 11 is 6.16. The molecule has 1 aliphatic rings. The first-order chi connectivity index (χ1) is 12.1. The fourth-order valence-electron chi connectivity index (χ4n) is 3.83. The molecule has 0 radical (unpaired) electrons. The number of nitrogens with one attached hydrogen (secondary N) is 1. The Morgan fingerprint density at radius 3 is 2.52 bits per heavy atom. The zero-order chi connectivity index (χ0) is 17.6. The van der Waals surface area contributed by atoms with Gasteiger partial charge >= 0.3 is 0 Å². The molecular formula is C22H26ClNO. The van der Waals surface area contributed by atoms with E-state index in [1.807, 2.05) is 25.1 Å². The molecule has 0 aromatic heterocycles. The van der Waals surface area contributed by atoms with Crippen molar-refractivity contribution in [2.75, 3.05) is 6.54 Å². The van der Waals surface area contributed by atoms with Crippen LogP contribution in [0.25, 0.3) is 0 Å². The number of aryl methyl sites for hydroxylation is 1. The van der Waals surface area contributed by atoms with Gasteiger partial charge in [0.2, 0.25) is 0 Å². The van der Waals surface area contributed by atoms with Crippen LogP contribution in [0, 0.1) is 12.8 Å². The maximum Gasteiger partial charge on any atom is 0.251 e. The topological polar surface area (TPSA) is 29.1 Å². The maximum atomic E-state index is 12.6. The molecule has 2 aromatic carbocycles. The minimum absolute atomic E-state index is 0.0429. The lowest BCUT2D eigenvalue weighted by Gasteiger charge is -2.31. The molecule has 2 aromatic rings. The average Bonchev–Trinajstić information content (AvgIpc) is 2.66. The van der Waals surface area contributed by atoms with E-state index in [1.165, 1.54) is 37.7 Å². The molecule has 2 nitrogen and oxygen atoms in total. The molecule has 3 heteroatoms. The van der Waals surface area contributed by atoms with E-state index in [2.05, 4.69) is 29.6 Å². The second-order valence-corrected chi connectivity index (χ2v) is 7.50.